The molecule has 0 spiro atoms. The first-order valence-electron chi connectivity index (χ1n) is 3.34. The number of aromatic hydroxyl groups is 1. The van der Waals surface area contributed by atoms with Crippen LogP contribution in [0.15, 0.2) is 10.7 Å². The number of pyridine rings is 1. The van der Waals surface area contributed by atoms with Gasteiger partial charge in [0.1, 0.15) is 16.0 Å². The zero-order valence-electron chi connectivity index (χ0n) is 6.54. The van der Waals surface area contributed by atoms with Gasteiger partial charge in [-0.15, -0.1) is 0 Å². The minimum Gasteiger partial charge on any atom is -0.505 e. The highest BCUT2D eigenvalue weighted by molar-refractivity contribution is 9.10. The number of aromatic nitrogens is 1. The Morgan fingerprint density at radius 2 is 2.14 bits per heavy atom. The molecule has 0 radical (unpaired) electrons. The predicted octanol–water partition coefficient (Wildman–Crippen LogP) is 2.19. The molecule has 0 atom stereocenters. The monoisotopic (exact) mass is 267 g/mol. The van der Waals surface area contributed by atoms with Gasteiger partial charge in [0.25, 0.3) is 6.43 Å². The summed E-state index contributed by atoms with van der Waals surface area (Å²) >= 11 is 2.71. The van der Waals surface area contributed by atoms with Gasteiger partial charge in [-0.25, -0.2) is 18.6 Å². The molecule has 0 aliphatic rings. The molecule has 14 heavy (non-hydrogen) atoms. The number of halogens is 3. The van der Waals surface area contributed by atoms with Crippen LogP contribution < -0.4 is 0 Å². The average molecular weight is 268 g/mol. The third kappa shape index (κ3) is 1.98. The molecule has 0 amide bonds. The second-order valence-corrected chi connectivity index (χ2v) is 3.09. The molecule has 1 aromatic heterocycles. The van der Waals surface area contributed by atoms with E-state index in [1.807, 2.05) is 0 Å². The lowest BCUT2D eigenvalue weighted by molar-refractivity contribution is 0.0681. The molecule has 2 N–H and O–H groups in total. The van der Waals surface area contributed by atoms with Crippen molar-refractivity contribution in [2.45, 2.75) is 6.43 Å². The van der Waals surface area contributed by atoms with Crippen LogP contribution in [0, 0.1) is 0 Å². The number of carboxylic acids is 1. The van der Waals surface area contributed by atoms with Crippen LogP contribution in [-0.4, -0.2) is 21.2 Å². The predicted molar refractivity (Wildman–Crippen MR) is 45.5 cm³/mol. The highest BCUT2D eigenvalue weighted by Crippen LogP contribution is 2.29. The average Bonchev–Trinajstić information content (AvgIpc) is 2.08. The smallest absolute Gasteiger partial charge is 0.337 e. The minimum absolute atomic E-state index is 0.210. The van der Waals surface area contributed by atoms with E-state index in [2.05, 4.69) is 20.9 Å². The summed E-state index contributed by atoms with van der Waals surface area (Å²) in [6.07, 6.45) is -3.00. The fraction of sp³-hybridized carbons (Fsp3) is 0.143. The minimum atomic E-state index is -3.00. The fourth-order valence-electron chi connectivity index (χ4n) is 0.831. The van der Waals surface area contributed by atoms with Crippen LogP contribution in [0.5, 0.6) is 5.75 Å². The topological polar surface area (TPSA) is 70.4 Å². The number of aromatic carboxylic acids is 1. The molecule has 1 aromatic rings. The Hall–Kier alpha value is -1.24. The second-order valence-electron chi connectivity index (χ2n) is 2.34. The van der Waals surface area contributed by atoms with Crippen LogP contribution in [0.2, 0.25) is 0 Å². The van der Waals surface area contributed by atoms with Crippen molar-refractivity contribution < 1.29 is 23.8 Å². The van der Waals surface area contributed by atoms with Crippen LogP contribution in [0.3, 0.4) is 0 Å². The Balaban J connectivity index is 3.39. The first kappa shape index (κ1) is 10.8. The van der Waals surface area contributed by atoms with Crippen LogP contribution in [0.25, 0.3) is 0 Å². The van der Waals surface area contributed by atoms with E-state index in [-0.39, 0.29) is 4.60 Å². The van der Waals surface area contributed by atoms with Crippen LogP contribution >= 0.6 is 15.9 Å². The number of carbonyl (C=O) groups is 1. The third-order valence-corrected chi connectivity index (χ3v) is 2.01. The van der Waals surface area contributed by atoms with Gasteiger partial charge in [0, 0.05) is 0 Å². The molecule has 0 unspecified atom stereocenters. The van der Waals surface area contributed by atoms with Gasteiger partial charge in [-0.1, -0.05) is 0 Å². The van der Waals surface area contributed by atoms with E-state index in [0.29, 0.717) is 0 Å². The molecule has 0 saturated carbocycles. The fourth-order valence-corrected chi connectivity index (χ4v) is 1.14. The van der Waals surface area contributed by atoms with Crippen molar-refractivity contribution in [1.82, 2.24) is 4.98 Å². The number of rotatable bonds is 2. The summed E-state index contributed by atoms with van der Waals surface area (Å²) in [6.45, 7) is 0. The molecule has 0 saturated heterocycles. The molecule has 76 valence electrons. The molecule has 0 aromatic carbocycles. The van der Waals surface area contributed by atoms with E-state index < -0.39 is 29.4 Å². The summed E-state index contributed by atoms with van der Waals surface area (Å²) in [5, 5.41) is 17.6. The lowest BCUT2D eigenvalue weighted by atomic mass is 10.2. The normalized spacial score (nSPS) is 10.6. The first-order valence-corrected chi connectivity index (χ1v) is 4.13. The molecule has 1 rings (SSSR count). The Kier molecular flexibility index (Phi) is 3.00. The van der Waals surface area contributed by atoms with Gasteiger partial charge in [-0.05, 0) is 22.0 Å². The van der Waals surface area contributed by atoms with Gasteiger partial charge in [0.05, 0.1) is 5.56 Å². The maximum atomic E-state index is 12.3. The largest absolute Gasteiger partial charge is 0.505 e. The highest BCUT2D eigenvalue weighted by Gasteiger charge is 2.21. The molecule has 0 aliphatic heterocycles. The summed E-state index contributed by atoms with van der Waals surface area (Å²) in [6, 6.07) is 0.723. The van der Waals surface area contributed by atoms with Crippen molar-refractivity contribution in [2.24, 2.45) is 0 Å². The van der Waals surface area contributed by atoms with Crippen molar-refractivity contribution in [1.29, 1.82) is 0 Å². The third-order valence-electron chi connectivity index (χ3n) is 1.42. The van der Waals surface area contributed by atoms with E-state index in [0.717, 1.165) is 6.07 Å². The van der Waals surface area contributed by atoms with Gasteiger partial charge in [-0.3, -0.25) is 0 Å². The van der Waals surface area contributed by atoms with Crippen molar-refractivity contribution in [3.8, 4) is 5.75 Å². The van der Waals surface area contributed by atoms with Gasteiger partial charge < -0.3 is 10.2 Å². The lowest BCUT2D eigenvalue weighted by Crippen LogP contribution is -2.05. The van der Waals surface area contributed by atoms with Gasteiger partial charge >= 0.3 is 5.97 Å². The number of carboxylic acid groups (broad SMARTS) is 1. The second kappa shape index (κ2) is 3.87. The van der Waals surface area contributed by atoms with Crippen molar-refractivity contribution in [3.05, 3.63) is 21.9 Å². The first-order chi connectivity index (χ1) is 6.43. The van der Waals surface area contributed by atoms with E-state index in [9.17, 15) is 13.6 Å². The SMILES string of the molecule is O=C(O)c1cc(O)c(Br)nc1C(F)F. The van der Waals surface area contributed by atoms with Crippen molar-refractivity contribution in [2.75, 3.05) is 0 Å². The molecule has 4 nitrogen and oxygen atoms in total. The van der Waals surface area contributed by atoms with E-state index in [4.69, 9.17) is 10.2 Å². The van der Waals surface area contributed by atoms with Crippen molar-refractivity contribution >= 4 is 21.9 Å². The molecule has 7 heteroatoms. The maximum absolute atomic E-state index is 12.3. The lowest BCUT2D eigenvalue weighted by Gasteiger charge is -2.05. The molecule has 0 aliphatic carbocycles. The summed E-state index contributed by atoms with van der Waals surface area (Å²) < 4.78 is 24.3. The van der Waals surface area contributed by atoms with Crippen LogP contribution in [0.1, 0.15) is 22.5 Å². The van der Waals surface area contributed by atoms with Gasteiger partial charge in [0.15, 0.2) is 0 Å². The molecule has 0 fully saturated rings. The Morgan fingerprint density at radius 3 is 2.57 bits per heavy atom. The summed E-state index contributed by atoms with van der Waals surface area (Å²) in [4.78, 5) is 13.7. The van der Waals surface area contributed by atoms with E-state index >= 15 is 0 Å². The number of hydrogen-bond acceptors (Lipinski definition) is 3. The highest BCUT2D eigenvalue weighted by atomic mass is 79.9. The molecule has 0 bridgehead atoms. The molecular weight excluding hydrogens is 264 g/mol. The zero-order valence-corrected chi connectivity index (χ0v) is 8.12. The Morgan fingerprint density at radius 1 is 1.57 bits per heavy atom. The van der Waals surface area contributed by atoms with E-state index in [1.54, 1.807) is 0 Å². The number of hydrogen-bond donors (Lipinski definition) is 2. The van der Waals surface area contributed by atoms with Crippen molar-refractivity contribution in [3.63, 3.8) is 0 Å². The number of alkyl halides is 2. The quantitative estimate of drug-likeness (QED) is 0.806. The summed E-state index contributed by atoms with van der Waals surface area (Å²) in [5.41, 5.74) is -1.58. The van der Waals surface area contributed by atoms with Gasteiger partial charge in [-0.2, -0.15) is 0 Å². The molecular formula is C7H4BrF2NO3. The van der Waals surface area contributed by atoms with Crippen LogP contribution in [0.4, 0.5) is 8.78 Å². The van der Waals surface area contributed by atoms with Crippen LogP contribution in [-0.2, 0) is 0 Å². The maximum Gasteiger partial charge on any atom is 0.337 e. The molecule has 1 heterocycles. The number of nitrogens with zero attached hydrogens (tertiary/aromatic N) is 1. The van der Waals surface area contributed by atoms with E-state index in [1.165, 1.54) is 0 Å². The summed E-state index contributed by atoms with van der Waals surface area (Å²) in [7, 11) is 0. The Bertz CT molecular complexity index is 383. The zero-order chi connectivity index (χ0) is 10.9. The van der Waals surface area contributed by atoms with Gasteiger partial charge in [0.2, 0.25) is 0 Å². The summed E-state index contributed by atoms with van der Waals surface area (Å²) in [5.74, 6) is -2.05. The Labute approximate surface area is 85.3 Å². The standard InChI is InChI=1S/C7H4BrF2NO3/c8-5-3(12)1-2(7(13)14)4(11-5)6(9)10/h1,6,12H,(H,13,14).